The molecule has 1 aromatic carbocycles. The van der Waals surface area contributed by atoms with Gasteiger partial charge in [-0.25, -0.2) is 0 Å². The van der Waals surface area contributed by atoms with Crippen molar-refractivity contribution in [2.45, 2.75) is 38.4 Å². The molecule has 1 aromatic rings. The zero-order valence-electron chi connectivity index (χ0n) is 15.0. The normalized spacial score (nSPS) is 13.2. The molecule has 0 aromatic heterocycles. The first-order valence-corrected chi connectivity index (χ1v) is 8.33. The van der Waals surface area contributed by atoms with E-state index in [0.29, 0.717) is 18.4 Å². The summed E-state index contributed by atoms with van der Waals surface area (Å²) in [5, 5.41) is 19.6. The smallest absolute Gasteiger partial charge is 0.305 e. The molecule has 0 aliphatic carbocycles. The zero-order chi connectivity index (χ0) is 19.4. The maximum absolute atomic E-state index is 11.2. The molecule has 0 saturated carbocycles. The van der Waals surface area contributed by atoms with Crippen molar-refractivity contribution >= 4 is 11.8 Å². The van der Waals surface area contributed by atoms with E-state index < -0.39 is 12.2 Å². The highest BCUT2D eigenvalue weighted by Crippen LogP contribution is 2.07. The third-order valence-electron chi connectivity index (χ3n) is 3.61. The quantitative estimate of drug-likeness (QED) is 0.323. The van der Waals surface area contributed by atoms with Crippen molar-refractivity contribution in [3.05, 3.63) is 59.7 Å². The van der Waals surface area contributed by atoms with E-state index in [-0.39, 0.29) is 18.2 Å². The van der Waals surface area contributed by atoms with Crippen molar-refractivity contribution in [2.75, 3.05) is 7.11 Å². The minimum atomic E-state index is -1.01. The number of hydrogen-bond donors (Lipinski definition) is 2. The van der Waals surface area contributed by atoms with Crippen molar-refractivity contribution in [3.8, 4) is 11.8 Å². The Bertz CT molecular complexity index is 704. The summed E-state index contributed by atoms with van der Waals surface area (Å²) in [7, 11) is 1.31. The summed E-state index contributed by atoms with van der Waals surface area (Å²) in [5.41, 5.74) is 1.44. The summed E-state index contributed by atoms with van der Waals surface area (Å²) < 4.78 is 4.51. The molecule has 0 heterocycles. The summed E-state index contributed by atoms with van der Waals surface area (Å²) >= 11 is 0. The molecule has 5 heteroatoms. The van der Waals surface area contributed by atoms with Crippen LogP contribution < -0.4 is 0 Å². The minimum Gasteiger partial charge on any atom is -0.469 e. The van der Waals surface area contributed by atoms with Crippen molar-refractivity contribution in [3.63, 3.8) is 0 Å². The van der Waals surface area contributed by atoms with Gasteiger partial charge in [0.2, 0.25) is 0 Å². The lowest BCUT2D eigenvalue weighted by Crippen LogP contribution is -2.23. The maximum atomic E-state index is 11.2. The summed E-state index contributed by atoms with van der Waals surface area (Å²) in [6.45, 7) is 1.51. The summed E-state index contributed by atoms with van der Waals surface area (Å²) in [6, 6.07) is 7.02. The van der Waals surface area contributed by atoms with Crippen LogP contribution in [-0.4, -0.2) is 41.3 Å². The Hall–Kier alpha value is -2.68. The fourth-order valence-corrected chi connectivity index (χ4v) is 2.05. The van der Waals surface area contributed by atoms with Gasteiger partial charge in [-0.3, -0.25) is 9.59 Å². The molecule has 0 saturated heterocycles. The Morgan fingerprint density at radius 2 is 1.88 bits per heavy atom. The van der Waals surface area contributed by atoms with Crippen LogP contribution in [0.4, 0.5) is 0 Å². The van der Waals surface area contributed by atoms with Crippen LogP contribution in [-0.2, 0) is 9.53 Å². The van der Waals surface area contributed by atoms with Crippen LogP contribution in [0.1, 0.15) is 42.1 Å². The molecule has 138 valence electrons. The number of methoxy groups -OCH3 is 1. The van der Waals surface area contributed by atoms with Gasteiger partial charge in [-0.1, -0.05) is 42.2 Å². The minimum absolute atomic E-state index is 0.0144. The number of carbonyl (C=O) groups is 2. The van der Waals surface area contributed by atoms with Crippen molar-refractivity contribution < 1.29 is 24.5 Å². The monoisotopic (exact) mass is 356 g/mol. The molecule has 0 fully saturated rings. The van der Waals surface area contributed by atoms with Crippen LogP contribution in [0.3, 0.4) is 0 Å². The number of ether oxygens (including phenoxy) is 1. The number of ketones is 1. The lowest BCUT2D eigenvalue weighted by atomic mass is 10.1. The van der Waals surface area contributed by atoms with Crippen LogP contribution in [0.25, 0.3) is 0 Å². The van der Waals surface area contributed by atoms with E-state index in [0.717, 1.165) is 5.56 Å². The number of benzene rings is 1. The van der Waals surface area contributed by atoms with Crippen molar-refractivity contribution in [1.29, 1.82) is 0 Å². The van der Waals surface area contributed by atoms with Gasteiger partial charge in [-0.2, -0.15) is 0 Å². The van der Waals surface area contributed by atoms with Crippen molar-refractivity contribution in [1.82, 2.24) is 0 Å². The molecular weight excluding hydrogens is 332 g/mol. The van der Waals surface area contributed by atoms with Crippen LogP contribution in [0.5, 0.6) is 0 Å². The predicted octanol–water partition coefficient (Wildman–Crippen LogP) is 2.42. The number of esters is 1. The number of aliphatic hydroxyl groups is 2. The first-order valence-electron chi connectivity index (χ1n) is 8.33. The largest absolute Gasteiger partial charge is 0.469 e. The van der Waals surface area contributed by atoms with E-state index >= 15 is 0 Å². The van der Waals surface area contributed by atoms with Gasteiger partial charge in [0.25, 0.3) is 0 Å². The van der Waals surface area contributed by atoms with Crippen LogP contribution >= 0.6 is 0 Å². The molecule has 0 bridgehead atoms. The Morgan fingerprint density at radius 3 is 2.50 bits per heavy atom. The van der Waals surface area contributed by atoms with Crippen LogP contribution in [0.2, 0.25) is 0 Å². The zero-order valence-corrected chi connectivity index (χ0v) is 15.0. The van der Waals surface area contributed by atoms with Gasteiger partial charge >= 0.3 is 5.97 Å². The van der Waals surface area contributed by atoms with Gasteiger partial charge < -0.3 is 14.9 Å². The number of rotatable bonds is 8. The van der Waals surface area contributed by atoms with Crippen LogP contribution in [0.15, 0.2) is 48.6 Å². The molecule has 0 radical (unpaired) electrons. The molecular formula is C21H24O5. The number of carbonyl (C=O) groups excluding carboxylic acids is 2. The third-order valence-corrected chi connectivity index (χ3v) is 3.61. The number of aliphatic hydroxyl groups excluding tert-OH is 2. The Morgan fingerprint density at radius 1 is 1.19 bits per heavy atom. The van der Waals surface area contributed by atoms with E-state index in [4.69, 9.17) is 0 Å². The molecule has 5 nitrogen and oxygen atoms in total. The molecule has 0 aliphatic rings. The number of Topliss-reactive ketones (excluding diaryl/α,β-unsaturated/α-hetero) is 1. The lowest BCUT2D eigenvalue weighted by molar-refractivity contribution is -0.140. The Balaban J connectivity index is 2.40. The summed E-state index contributed by atoms with van der Waals surface area (Å²) in [6.07, 6.45) is 5.35. The summed E-state index contributed by atoms with van der Waals surface area (Å²) in [4.78, 5) is 22.1. The molecule has 2 atom stereocenters. The van der Waals surface area contributed by atoms with E-state index in [1.54, 1.807) is 42.5 Å². The molecule has 0 spiro atoms. The third kappa shape index (κ3) is 8.43. The van der Waals surface area contributed by atoms with E-state index in [2.05, 4.69) is 16.6 Å². The average Bonchev–Trinajstić information content (AvgIpc) is 2.64. The maximum Gasteiger partial charge on any atom is 0.305 e. The molecule has 0 aliphatic heterocycles. The lowest BCUT2D eigenvalue weighted by Gasteiger charge is -2.13. The molecule has 0 unspecified atom stereocenters. The van der Waals surface area contributed by atoms with Gasteiger partial charge in [0.15, 0.2) is 5.78 Å². The van der Waals surface area contributed by atoms with Crippen molar-refractivity contribution in [2.24, 2.45) is 0 Å². The van der Waals surface area contributed by atoms with Gasteiger partial charge in [0.1, 0.15) is 0 Å². The Labute approximate surface area is 154 Å². The topological polar surface area (TPSA) is 83.8 Å². The first-order chi connectivity index (χ1) is 12.4. The molecule has 1 rings (SSSR count). The summed E-state index contributed by atoms with van der Waals surface area (Å²) in [5.74, 6) is 5.45. The second kappa shape index (κ2) is 11.8. The highest BCUT2D eigenvalue weighted by Gasteiger charge is 2.13. The first kappa shape index (κ1) is 21.4. The second-order valence-electron chi connectivity index (χ2n) is 5.67. The molecule has 26 heavy (non-hydrogen) atoms. The van der Waals surface area contributed by atoms with E-state index in [1.807, 2.05) is 0 Å². The Kier molecular flexibility index (Phi) is 9.70. The predicted molar refractivity (Wildman–Crippen MR) is 99.5 cm³/mol. The van der Waals surface area contributed by atoms with E-state index in [9.17, 15) is 19.8 Å². The fourth-order valence-electron chi connectivity index (χ4n) is 2.05. The SMILES string of the molecule is COC(=O)CCC[C@H](O)[C@H](O)/C=C/C=C/C#Cc1ccc(C(C)=O)cc1. The molecule has 2 N–H and O–H groups in total. The second-order valence-corrected chi connectivity index (χ2v) is 5.67. The number of hydrogen-bond acceptors (Lipinski definition) is 5. The fraction of sp³-hybridized carbons (Fsp3) is 0.333. The van der Waals surface area contributed by atoms with Gasteiger partial charge in [-0.05, 0) is 38.0 Å². The van der Waals surface area contributed by atoms with Crippen LogP contribution in [0, 0.1) is 11.8 Å². The average molecular weight is 356 g/mol. The van der Waals surface area contributed by atoms with E-state index in [1.165, 1.54) is 20.1 Å². The standard InChI is InChI=1S/C21H24O5/c1-16(22)18-14-12-17(13-15-18)8-5-3-4-6-9-19(23)20(24)10-7-11-21(25)26-2/h3-4,6,9,12-15,19-20,23-24H,7,10-11H2,1-2H3/b4-3+,9-6+/t19-,20+/m1/s1. The van der Waals surface area contributed by atoms with Gasteiger partial charge in [-0.15, -0.1) is 0 Å². The number of allylic oxidation sites excluding steroid dienone is 3. The van der Waals surface area contributed by atoms with Gasteiger partial charge in [0.05, 0.1) is 19.3 Å². The van der Waals surface area contributed by atoms with Gasteiger partial charge in [0, 0.05) is 17.5 Å². The highest BCUT2D eigenvalue weighted by molar-refractivity contribution is 5.94. The molecule has 0 amide bonds. The highest BCUT2D eigenvalue weighted by atomic mass is 16.5.